The van der Waals surface area contributed by atoms with Crippen LogP contribution in [-0.4, -0.2) is 18.0 Å². The van der Waals surface area contributed by atoms with E-state index in [1.54, 1.807) is 0 Å². The Bertz CT molecular complexity index is 228. The SMILES string of the molecule is CC[C@@H](N)C(=O)NC1CCCCC1C(C)C. The molecule has 1 amide bonds. The maximum atomic E-state index is 11.8. The van der Waals surface area contributed by atoms with Crippen LogP contribution in [0.2, 0.25) is 0 Å². The second kappa shape index (κ2) is 6.24. The first-order valence-electron chi connectivity index (χ1n) is 6.62. The lowest BCUT2D eigenvalue weighted by atomic mass is 9.78. The van der Waals surface area contributed by atoms with Crippen molar-refractivity contribution in [1.82, 2.24) is 5.32 Å². The van der Waals surface area contributed by atoms with Gasteiger partial charge in [-0.15, -0.1) is 0 Å². The van der Waals surface area contributed by atoms with Crippen LogP contribution in [0.5, 0.6) is 0 Å². The van der Waals surface area contributed by atoms with Gasteiger partial charge in [0.2, 0.25) is 5.91 Å². The highest BCUT2D eigenvalue weighted by Gasteiger charge is 2.29. The molecule has 0 aromatic rings. The van der Waals surface area contributed by atoms with Crippen molar-refractivity contribution in [3.8, 4) is 0 Å². The highest BCUT2D eigenvalue weighted by molar-refractivity contribution is 5.81. The molecular weight excluding hydrogens is 200 g/mol. The molecule has 1 rings (SSSR count). The lowest BCUT2D eigenvalue weighted by Crippen LogP contribution is -2.49. The normalized spacial score (nSPS) is 27.8. The first-order chi connectivity index (χ1) is 7.56. The van der Waals surface area contributed by atoms with E-state index in [0.29, 0.717) is 24.3 Å². The molecule has 2 unspecified atom stereocenters. The summed E-state index contributed by atoms with van der Waals surface area (Å²) in [6.45, 7) is 6.44. The molecule has 0 radical (unpaired) electrons. The van der Waals surface area contributed by atoms with Gasteiger partial charge >= 0.3 is 0 Å². The Morgan fingerprint density at radius 3 is 2.56 bits per heavy atom. The van der Waals surface area contributed by atoms with E-state index in [0.717, 1.165) is 6.42 Å². The van der Waals surface area contributed by atoms with Crippen molar-refractivity contribution in [2.75, 3.05) is 0 Å². The lowest BCUT2D eigenvalue weighted by molar-refractivity contribution is -0.123. The lowest BCUT2D eigenvalue weighted by Gasteiger charge is -2.35. The number of amides is 1. The number of rotatable bonds is 4. The summed E-state index contributed by atoms with van der Waals surface area (Å²) < 4.78 is 0. The predicted octanol–water partition coefficient (Wildman–Crippen LogP) is 2.05. The summed E-state index contributed by atoms with van der Waals surface area (Å²) in [5.41, 5.74) is 5.74. The number of carbonyl (C=O) groups excluding carboxylic acids is 1. The van der Waals surface area contributed by atoms with E-state index in [1.807, 2.05) is 6.92 Å². The van der Waals surface area contributed by atoms with Gasteiger partial charge in [0, 0.05) is 6.04 Å². The Hall–Kier alpha value is -0.570. The molecule has 0 aromatic carbocycles. The molecule has 3 N–H and O–H groups in total. The molecule has 0 spiro atoms. The van der Waals surface area contributed by atoms with Crippen LogP contribution in [0.25, 0.3) is 0 Å². The molecule has 1 aliphatic carbocycles. The molecule has 3 atom stereocenters. The molecule has 3 nitrogen and oxygen atoms in total. The maximum Gasteiger partial charge on any atom is 0.237 e. The van der Waals surface area contributed by atoms with Gasteiger partial charge in [-0.05, 0) is 31.1 Å². The molecular formula is C13H26N2O. The summed E-state index contributed by atoms with van der Waals surface area (Å²) in [4.78, 5) is 11.8. The maximum absolute atomic E-state index is 11.8. The summed E-state index contributed by atoms with van der Waals surface area (Å²) in [6.07, 6.45) is 5.60. The Kier molecular flexibility index (Phi) is 5.26. The average molecular weight is 226 g/mol. The summed E-state index contributed by atoms with van der Waals surface area (Å²) in [5, 5.41) is 3.14. The van der Waals surface area contributed by atoms with Gasteiger partial charge in [-0.1, -0.05) is 33.6 Å². The van der Waals surface area contributed by atoms with Gasteiger partial charge in [-0.2, -0.15) is 0 Å². The van der Waals surface area contributed by atoms with Gasteiger partial charge in [0.05, 0.1) is 6.04 Å². The Labute approximate surface area is 99.2 Å². The Balaban J connectivity index is 2.52. The zero-order chi connectivity index (χ0) is 12.1. The van der Waals surface area contributed by atoms with E-state index in [4.69, 9.17) is 5.73 Å². The number of nitrogens with two attached hydrogens (primary N) is 1. The second-order valence-electron chi connectivity index (χ2n) is 5.32. The Morgan fingerprint density at radius 2 is 2.00 bits per heavy atom. The Morgan fingerprint density at radius 1 is 1.38 bits per heavy atom. The van der Waals surface area contributed by atoms with Gasteiger partial charge in [0.25, 0.3) is 0 Å². The molecule has 16 heavy (non-hydrogen) atoms. The molecule has 1 fully saturated rings. The molecule has 0 aromatic heterocycles. The van der Waals surface area contributed by atoms with E-state index < -0.39 is 0 Å². The smallest absolute Gasteiger partial charge is 0.237 e. The highest BCUT2D eigenvalue weighted by atomic mass is 16.2. The zero-order valence-corrected chi connectivity index (χ0v) is 10.8. The van der Waals surface area contributed by atoms with E-state index in [-0.39, 0.29) is 11.9 Å². The van der Waals surface area contributed by atoms with Gasteiger partial charge in [-0.3, -0.25) is 4.79 Å². The summed E-state index contributed by atoms with van der Waals surface area (Å²) in [6, 6.07) is 0.00795. The van der Waals surface area contributed by atoms with E-state index in [2.05, 4.69) is 19.2 Å². The van der Waals surface area contributed by atoms with Crippen LogP contribution in [0, 0.1) is 11.8 Å². The van der Waals surface area contributed by atoms with Crippen LogP contribution < -0.4 is 11.1 Å². The van der Waals surface area contributed by atoms with E-state index >= 15 is 0 Å². The van der Waals surface area contributed by atoms with Crippen LogP contribution in [0.1, 0.15) is 52.9 Å². The van der Waals surface area contributed by atoms with Crippen molar-refractivity contribution in [2.24, 2.45) is 17.6 Å². The molecule has 1 saturated carbocycles. The number of hydrogen-bond acceptors (Lipinski definition) is 2. The van der Waals surface area contributed by atoms with Crippen LogP contribution >= 0.6 is 0 Å². The van der Waals surface area contributed by atoms with E-state index in [1.165, 1.54) is 19.3 Å². The minimum atomic E-state index is -0.338. The van der Waals surface area contributed by atoms with E-state index in [9.17, 15) is 4.79 Å². The molecule has 0 heterocycles. The van der Waals surface area contributed by atoms with Gasteiger partial charge in [-0.25, -0.2) is 0 Å². The third kappa shape index (κ3) is 3.48. The highest BCUT2D eigenvalue weighted by Crippen LogP contribution is 2.30. The van der Waals surface area contributed by atoms with Gasteiger partial charge in [0.1, 0.15) is 0 Å². The first kappa shape index (κ1) is 13.5. The summed E-state index contributed by atoms with van der Waals surface area (Å²) in [5.74, 6) is 1.30. The first-order valence-corrected chi connectivity index (χ1v) is 6.62. The van der Waals surface area contributed by atoms with Crippen molar-refractivity contribution in [3.63, 3.8) is 0 Å². The fraction of sp³-hybridized carbons (Fsp3) is 0.923. The van der Waals surface area contributed by atoms with Crippen molar-refractivity contribution >= 4 is 5.91 Å². The van der Waals surface area contributed by atoms with Crippen LogP contribution in [0.15, 0.2) is 0 Å². The second-order valence-corrected chi connectivity index (χ2v) is 5.32. The molecule has 0 aliphatic heterocycles. The van der Waals surface area contributed by atoms with Crippen LogP contribution in [0.4, 0.5) is 0 Å². The number of carbonyl (C=O) groups is 1. The fourth-order valence-corrected chi connectivity index (χ4v) is 2.61. The van der Waals surface area contributed by atoms with Crippen LogP contribution in [0.3, 0.4) is 0 Å². The van der Waals surface area contributed by atoms with Crippen molar-refractivity contribution in [2.45, 2.75) is 65.0 Å². The minimum Gasteiger partial charge on any atom is -0.352 e. The van der Waals surface area contributed by atoms with Gasteiger partial charge < -0.3 is 11.1 Å². The third-order valence-electron chi connectivity index (χ3n) is 3.78. The summed E-state index contributed by atoms with van der Waals surface area (Å²) in [7, 11) is 0. The van der Waals surface area contributed by atoms with Crippen molar-refractivity contribution < 1.29 is 4.79 Å². The minimum absolute atomic E-state index is 0.0278. The van der Waals surface area contributed by atoms with Gasteiger partial charge in [0.15, 0.2) is 0 Å². The largest absolute Gasteiger partial charge is 0.352 e. The quantitative estimate of drug-likeness (QED) is 0.771. The predicted molar refractivity (Wildman–Crippen MR) is 67.0 cm³/mol. The fourth-order valence-electron chi connectivity index (χ4n) is 2.61. The monoisotopic (exact) mass is 226 g/mol. The number of hydrogen-bond donors (Lipinski definition) is 2. The molecule has 0 saturated heterocycles. The zero-order valence-electron chi connectivity index (χ0n) is 10.8. The summed E-state index contributed by atoms with van der Waals surface area (Å²) >= 11 is 0. The standard InChI is InChI=1S/C13H26N2O/c1-4-11(14)13(16)15-12-8-6-5-7-10(12)9(2)3/h9-12H,4-8,14H2,1-3H3,(H,15,16)/t10?,11-,12?/m1/s1. The average Bonchev–Trinajstić information content (AvgIpc) is 2.28. The van der Waals surface area contributed by atoms with Crippen molar-refractivity contribution in [1.29, 1.82) is 0 Å². The third-order valence-corrected chi connectivity index (χ3v) is 3.78. The number of nitrogens with one attached hydrogen (secondary N) is 1. The molecule has 3 heteroatoms. The topological polar surface area (TPSA) is 55.1 Å². The molecule has 0 bridgehead atoms. The van der Waals surface area contributed by atoms with Crippen molar-refractivity contribution in [3.05, 3.63) is 0 Å². The molecule has 94 valence electrons. The van der Waals surface area contributed by atoms with Crippen LogP contribution in [-0.2, 0) is 4.79 Å². The molecule has 1 aliphatic rings.